The molecule has 0 radical (unpaired) electrons. The molecule has 15 heteroatoms. The van der Waals surface area contributed by atoms with E-state index in [9.17, 15) is 31.4 Å². The normalized spacial score (nSPS) is 19.9. The Morgan fingerprint density at radius 2 is 1.59 bits per heavy atom. The van der Waals surface area contributed by atoms with Crippen LogP contribution in [0.1, 0.15) is 35.8 Å². The van der Waals surface area contributed by atoms with E-state index in [2.05, 4.69) is 51.1 Å². The third kappa shape index (κ3) is 7.92. The van der Waals surface area contributed by atoms with E-state index < -0.39 is 24.3 Å². The highest BCUT2D eigenvalue weighted by Crippen LogP contribution is 2.51. The number of hydrogen-bond acceptors (Lipinski definition) is 6. The first kappa shape index (κ1) is 32.0. The van der Waals surface area contributed by atoms with E-state index in [1.807, 2.05) is 19.3 Å². The lowest BCUT2D eigenvalue weighted by Crippen LogP contribution is -2.48. The number of alkyl halides is 6. The van der Waals surface area contributed by atoms with Crippen molar-refractivity contribution in [1.82, 2.24) is 19.8 Å². The molecule has 4 N–H and O–H groups in total. The SMILES string of the molecule is Cc1nccn1CCN(C)[C@@H]1c2ccccc2C2(CCNCC2)[C@H]1O.O=C(O)C(F)(F)F.O=C(O)C(F)(F)F. The van der Waals surface area contributed by atoms with Crippen molar-refractivity contribution in [3.05, 3.63) is 53.6 Å². The van der Waals surface area contributed by atoms with Crippen molar-refractivity contribution < 1.29 is 51.3 Å². The summed E-state index contributed by atoms with van der Waals surface area (Å²) in [6.45, 7) is 5.78. The number of likely N-dealkylation sites (N-methyl/N-ethyl adjacent to an activating group) is 1. The summed E-state index contributed by atoms with van der Waals surface area (Å²) < 4.78 is 65.6. The number of carbonyl (C=O) groups is 2. The lowest BCUT2D eigenvalue weighted by atomic mass is 9.72. The zero-order valence-corrected chi connectivity index (χ0v) is 21.1. The van der Waals surface area contributed by atoms with Gasteiger partial charge >= 0.3 is 24.3 Å². The third-order valence-electron chi connectivity index (χ3n) is 6.75. The van der Waals surface area contributed by atoms with Gasteiger partial charge in [0.25, 0.3) is 0 Å². The van der Waals surface area contributed by atoms with Crippen LogP contribution in [0.15, 0.2) is 36.7 Å². The Hall–Kier alpha value is -3.17. The third-order valence-corrected chi connectivity index (χ3v) is 6.75. The molecule has 4 rings (SSSR count). The van der Waals surface area contributed by atoms with Crippen molar-refractivity contribution in [2.75, 3.05) is 26.7 Å². The van der Waals surface area contributed by atoms with Gasteiger partial charge in [0.15, 0.2) is 0 Å². The molecule has 1 fully saturated rings. The molecular formula is C24H30F6N4O5. The maximum absolute atomic E-state index is 11.4. The van der Waals surface area contributed by atoms with Crippen molar-refractivity contribution >= 4 is 11.9 Å². The average molecular weight is 569 g/mol. The largest absolute Gasteiger partial charge is 0.490 e. The molecule has 1 aromatic carbocycles. The number of aliphatic hydroxyl groups is 1. The minimum atomic E-state index is -5.08. The van der Waals surface area contributed by atoms with Crippen molar-refractivity contribution in [3.8, 4) is 0 Å². The van der Waals surface area contributed by atoms with Crippen LogP contribution in [0.25, 0.3) is 0 Å². The standard InChI is InChI=1S/C20H28N4O.2C2HF3O2/c1-15-22-11-12-24(15)14-13-23(2)18-16-5-3-4-6-17(16)20(19(18)25)7-9-21-10-8-20;2*3-2(4,5)1(6)7/h3-6,11-12,18-19,21,25H,7-10,13-14H2,1-2H3;2*(H,6,7)/t18-,19+;;/m1../s1. The highest BCUT2D eigenvalue weighted by atomic mass is 19.4. The van der Waals surface area contributed by atoms with E-state index >= 15 is 0 Å². The Bertz CT molecular complexity index is 1090. The molecule has 1 aliphatic heterocycles. The maximum atomic E-state index is 11.4. The summed E-state index contributed by atoms with van der Waals surface area (Å²) in [5.74, 6) is -4.48. The van der Waals surface area contributed by atoms with Crippen molar-refractivity contribution in [2.24, 2.45) is 0 Å². The van der Waals surface area contributed by atoms with Gasteiger partial charge in [0.1, 0.15) is 5.82 Å². The molecule has 2 heterocycles. The summed E-state index contributed by atoms with van der Waals surface area (Å²) in [6.07, 6.45) is -4.62. The summed E-state index contributed by atoms with van der Waals surface area (Å²) in [5.41, 5.74) is 2.58. The smallest absolute Gasteiger partial charge is 0.475 e. The van der Waals surface area contributed by atoms with E-state index in [0.29, 0.717) is 0 Å². The van der Waals surface area contributed by atoms with Crippen LogP contribution in [-0.4, -0.2) is 86.8 Å². The van der Waals surface area contributed by atoms with Crippen molar-refractivity contribution in [2.45, 2.75) is 56.2 Å². The Balaban J connectivity index is 0.000000317. The average Bonchev–Trinajstić information content (AvgIpc) is 3.36. The molecule has 1 aromatic heterocycles. The number of aliphatic hydroxyl groups excluding tert-OH is 1. The molecule has 2 atom stereocenters. The number of rotatable bonds is 4. The van der Waals surface area contributed by atoms with E-state index in [1.165, 1.54) is 11.1 Å². The van der Waals surface area contributed by atoms with Gasteiger partial charge in [0.2, 0.25) is 0 Å². The number of aromatic nitrogens is 2. The van der Waals surface area contributed by atoms with Crippen LogP contribution in [0.2, 0.25) is 0 Å². The molecule has 0 bridgehead atoms. The van der Waals surface area contributed by atoms with Gasteiger partial charge in [-0.25, -0.2) is 14.6 Å². The summed E-state index contributed by atoms with van der Waals surface area (Å²) >= 11 is 0. The number of nitrogens with zero attached hydrogens (tertiary/aromatic N) is 3. The predicted molar refractivity (Wildman–Crippen MR) is 126 cm³/mol. The number of nitrogens with one attached hydrogen (secondary N) is 1. The maximum Gasteiger partial charge on any atom is 0.490 e. The lowest BCUT2D eigenvalue weighted by Gasteiger charge is -2.40. The van der Waals surface area contributed by atoms with E-state index in [-0.39, 0.29) is 17.6 Å². The highest BCUT2D eigenvalue weighted by molar-refractivity contribution is 5.73. The second-order valence-electron chi connectivity index (χ2n) is 9.14. The molecule has 0 saturated carbocycles. The lowest BCUT2D eigenvalue weighted by molar-refractivity contribution is -0.193. The number of aliphatic carboxylic acids is 2. The molecule has 1 aliphatic carbocycles. The highest BCUT2D eigenvalue weighted by Gasteiger charge is 2.52. The topological polar surface area (TPSA) is 128 Å². The number of benzene rings is 1. The van der Waals surface area contributed by atoms with Crippen LogP contribution >= 0.6 is 0 Å². The summed E-state index contributed by atoms with van der Waals surface area (Å²) in [5, 5.41) is 29.1. The van der Waals surface area contributed by atoms with Crippen LogP contribution in [0.4, 0.5) is 26.3 Å². The molecule has 2 aromatic rings. The second kappa shape index (κ2) is 12.8. The van der Waals surface area contributed by atoms with Crippen LogP contribution < -0.4 is 5.32 Å². The molecule has 1 spiro atoms. The number of hydrogen-bond donors (Lipinski definition) is 4. The minimum Gasteiger partial charge on any atom is -0.475 e. The molecule has 0 amide bonds. The molecule has 218 valence electrons. The molecule has 39 heavy (non-hydrogen) atoms. The monoisotopic (exact) mass is 568 g/mol. The second-order valence-corrected chi connectivity index (χ2v) is 9.14. The van der Waals surface area contributed by atoms with Gasteiger partial charge in [-0.2, -0.15) is 26.3 Å². The first-order chi connectivity index (χ1) is 18.0. The number of halogens is 6. The summed E-state index contributed by atoms with van der Waals surface area (Å²) in [7, 11) is 2.14. The Labute approximate surface area is 220 Å². The van der Waals surface area contributed by atoms with Gasteiger partial charge in [0, 0.05) is 30.9 Å². The number of aryl methyl sites for hydroxylation is 1. The van der Waals surface area contributed by atoms with E-state index in [0.717, 1.165) is 44.8 Å². The van der Waals surface area contributed by atoms with Crippen molar-refractivity contribution in [3.63, 3.8) is 0 Å². The molecule has 9 nitrogen and oxygen atoms in total. The number of carboxylic acids is 2. The minimum absolute atomic E-state index is 0.0677. The zero-order valence-electron chi connectivity index (χ0n) is 21.1. The Kier molecular flexibility index (Phi) is 10.5. The number of carboxylic acid groups (broad SMARTS) is 2. The van der Waals surface area contributed by atoms with Gasteiger partial charge in [-0.3, -0.25) is 4.90 Å². The summed E-state index contributed by atoms with van der Waals surface area (Å²) in [4.78, 5) is 24.4. The van der Waals surface area contributed by atoms with Crippen molar-refractivity contribution in [1.29, 1.82) is 0 Å². The fraction of sp³-hybridized carbons (Fsp3) is 0.542. The molecule has 0 unspecified atom stereocenters. The van der Waals surface area contributed by atoms with Gasteiger partial charge in [0.05, 0.1) is 12.1 Å². The predicted octanol–water partition coefficient (Wildman–Crippen LogP) is 3.13. The van der Waals surface area contributed by atoms with Gasteiger partial charge < -0.3 is 25.2 Å². The quantitative estimate of drug-likeness (QED) is 0.415. The van der Waals surface area contributed by atoms with Crippen LogP contribution in [0, 0.1) is 6.92 Å². The fourth-order valence-corrected chi connectivity index (χ4v) is 4.80. The fourth-order valence-electron chi connectivity index (χ4n) is 4.80. The van der Waals surface area contributed by atoms with Gasteiger partial charge in [-0.1, -0.05) is 24.3 Å². The van der Waals surface area contributed by atoms with Gasteiger partial charge in [-0.05, 0) is 51.0 Å². The molecular weight excluding hydrogens is 538 g/mol. The van der Waals surface area contributed by atoms with Crippen LogP contribution in [0.5, 0.6) is 0 Å². The summed E-state index contributed by atoms with van der Waals surface area (Å²) in [6, 6.07) is 8.73. The van der Waals surface area contributed by atoms with Crippen LogP contribution in [0.3, 0.4) is 0 Å². The molecule has 1 saturated heterocycles. The Morgan fingerprint density at radius 1 is 1.08 bits per heavy atom. The molecule has 2 aliphatic rings. The van der Waals surface area contributed by atoms with E-state index in [1.54, 1.807) is 0 Å². The number of piperidine rings is 1. The number of fused-ring (bicyclic) bond motifs is 2. The van der Waals surface area contributed by atoms with Crippen LogP contribution in [-0.2, 0) is 21.5 Å². The number of imidazole rings is 1. The van der Waals surface area contributed by atoms with E-state index in [4.69, 9.17) is 19.8 Å². The first-order valence-corrected chi connectivity index (χ1v) is 11.8. The first-order valence-electron chi connectivity index (χ1n) is 11.8. The Morgan fingerprint density at radius 3 is 2.05 bits per heavy atom. The van der Waals surface area contributed by atoms with Gasteiger partial charge in [-0.15, -0.1) is 0 Å². The zero-order chi connectivity index (χ0) is 29.6.